The second-order valence-electron chi connectivity index (χ2n) is 4.68. The summed E-state index contributed by atoms with van der Waals surface area (Å²) in [4.78, 5) is 20.9. The molecule has 6 nitrogen and oxygen atoms in total. The Morgan fingerprint density at radius 1 is 1.56 bits per heavy atom. The zero-order valence-corrected chi connectivity index (χ0v) is 10.8. The molecule has 0 bridgehead atoms. The van der Waals surface area contributed by atoms with Crippen LogP contribution in [0.5, 0.6) is 0 Å². The summed E-state index contributed by atoms with van der Waals surface area (Å²) < 4.78 is 0. The Morgan fingerprint density at radius 2 is 2.28 bits per heavy atom. The van der Waals surface area contributed by atoms with E-state index in [0.717, 1.165) is 6.54 Å². The fourth-order valence-electron chi connectivity index (χ4n) is 2.30. The van der Waals surface area contributed by atoms with Crippen LogP contribution in [0.15, 0.2) is 6.33 Å². The van der Waals surface area contributed by atoms with Crippen molar-refractivity contribution in [3.8, 4) is 0 Å². The van der Waals surface area contributed by atoms with E-state index in [1.54, 1.807) is 0 Å². The first kappa shape index (κ1) is 12.9. The fraction of sp³-hybridized carbons (Fsp3) is 0.545. The van der Waals surface area contributed by atoms with Crippen LogP contribution in [-0.4, -0.2) is 34.1 Å². The van der Waals surface area contributed by atoms with Gasteiger partial charge in [0.15, 0.2) is 5.82 Å². The van der Waals surface area contributed by atoms with E-state index in [1.165, 1.54) is 6.33 Å². The minimum atomic E-state index is -0.787. The normalized spacial score (nSPS) is 24.0. The summed E-state index contributed by atoms with van der Waals surface area (Å²) in [5, 5.41) is 9.42. The van der Waals surface area contributed by atoms with Gasteiger partial charge in [-0.2, -0.15) is 0 Å². The maximum atomic E-state index is 11.1. The van der Waals surface area contributed by atoms with Gasteiger partial charge in [0, 0.05) is 13.1 Å². The average Bonchev–Trinajstić information content (AvgIpc) is 2.31. The number of aliphatic carboxylic acids is 1. The number of rotatable bonds is 2. The van der Waals surface area contributed by atoms with E-state index in [0.29, 0.717) is 18.8 Å². The molecule has 1 saturated heterocycles. The molecule has 1 fully saturated rings. The van der Waals surface area contributed by atoms with E-state index in [4.69, 9.17) is 22.4 Å². The summed E-state index contributed by atoms with van der Waals surface area (Å²) in [5.41, 5.74) is 5.63. The molecule has 0 saturated carbocycles. The number of hydrogen-bond acceptors (Lipinski definition) is 5. The molecule has 2 atom stereocenters. The Bertz CT molecular complexity index is 468. The zero-order valence-electron chi connectivity index (χ0n) is 10.0. The van der Waals surface area contributed by atoms with E-state index in [2.05, 4.69) is 9.97 Å². The Labute approximate surface area is 110 Å². The van der Waals surface area contributed by atoms with Crippen LogP contribution in [0.1, 0.15) is 13.3 Å². The number of carboxylic acid groups (broad SMARTS) is 1. The van der Waals surface area contributed by atoms with Gasteiger partial charge in [0.25, 0.3) is 0 Å². The molecule has 0 aromatic carbocycles. The summed E-state index contributed by atoms with van der Waals surface area (Å²) in [6, 6.07) is 0. The van der Waals surface area contributed by atoms with Crippen LogP contribution in [0, 0.1) is 11.8 Å². The van der Waals surface area contributed by atoms with E-state index in [9.17, 15) is 4.79 Å². The van der Waals surface area contributed by atoms with E-state index in [-0.39, 0.29) is 16.8 Å². The van der Waals surface area contributed by atoms with E-state index in [1.807, 2.05) is 11.8 Å². The predicted molar refractivity (Wildman–Crippen MR) is 68.6 cm³/mol. The minimum Gasteiger partial charge on any atom is -0.481 e. The minimum absolute atomic E-state index is 0.215. The molecular formula is C11H15ClN4O2. The number of piperidine rings is 1. The third kappa shape index (κ3) is 2.48. The SMILES string of the molecule is CC1CC(C(=O)O)CN(c2ncnc(N)c2Cl)C1. The number of nitrogens with two attached hydrogens (primary N) is 1. The molecule has 2 rings (SSSR count). The van der Waals surface area contributed by atoms with E-state index >= 15 is 0 Å². The highest BCUT2D eigenvalue weighted by molar-refractivity contribution is 6.35. The van der Waals surface area contributed by atoms with Crippen LogP contribution in [0.2, 0.25) is 5.02 Å². The summed E-state index contributed by atoms with van der Waals surface area (Å²) in [5.74, 6) is -0.188. The highest BCUT2D eigenvalue weighted by Gasteiger charge is 2.31. The molecule has 1 aromatic heterocycles. The van der Waals surface area contributed by atoms with Gasteiger partial charge < -0.3 is 15.7 Å². The largest absolute Gasteiger partial charge is 0.481 e. The first-order valence-corrected chi connectivity index (χ1v) is 6.10. The lowest BCUT2D eigenvalue weighted by Crippen LogP contribution is -2.43. The van der Waals surface area contributed by atoms with Crippen molar-refractivity contribution in [3.05, 3.63) is 11.3 Å². The summed E-state index contributed by atoms with van der Waals surface area (Å²) >= 11 is 6.06. The number of anilines is 2. The van der Waals surface area contributed by atoms with Crippen LogP contribution in [0.4, 0.5) is 11.6 Å². The molecule has 1 aromatic rings. The number of carboxylic acids is 1. The number of carbonyl (C=O) groups is 1. The van der Waals surface area contributed by atoms with Crippen molar-refractivity contribution in [2.24, 2.45) is 11.8 Å². The van der Waals surface area contributed by atoms with Gasteiger partial charge in [-0.1, -0.05) is 18.5 Å². The fourth-order valence-corrected chi connectivity index (χ4v) is 2.51. The lowest BCUT2D eigenvalue weighted by atomic mass is 9.90. The van der Waals surface area contributed by atoms with Gasteiger partial charge in [-0.25, -0.2) is 9.97 Å². The predicted octanol–water partition coefficient (Wildman–Crippen LogP) is 1.26. The van der Waals surface area contributed by atoms with Gasteiger partial charge >= 0.3 is 5.97 Å². The highest BCUT2D eigenvalue weighted by atomic mass is 35.5. The van der Waals surface area contributed by atoms with Crippen molar-refractivity contribution in [1.82, 2.24) is 9.97 Å². The number of aromatic nitrogens is 2. The van der Waals surface area contributed by atoms with Crippen molar-refractivity contribution in [3.63, 3.8) is 0 Å². The Balaban J connectivity index is 2.27. The molecule has 2 heterocycles. The van der Waals surface area contributed by atoms with Crippen molar-refractivity contribution in [2.75, 3.05) is 23.7 Å². The van der Waals surface area contributed by atoms with Crippen LogP contribution in [0.3, 0.4) is 0 Å². The van der Waals surface area contributed by atoms with Gasteiger partial charge in [0.2, 0.25) is 0 Å². The van der Waals surface area contributed by atoms with Gasteiger partial charge in [0.05, 0.1) is 5.92 Å². The zero-order chi connectivity index (χ0) is 13.3. The number of nitrogen functional groups attached to an aromatic ring is 1. The van der Waals surface area contributed by atoms with Gasteiger partial charge in [-0.05, 0) is 12.3 Å². The molecule has 3 N–H and O–H groups in total. The highest BCUT2D eigenvalue weighted by Crippen LogP contribution is 2.31. The molecular weight excluding hydrogens is 256 g/mol. The lowest BCUT2D eigenvalue weighted by Gasteiger charge is -2.35. The molecule has 2 unspecified atom stereocenters. The average molecular weight is 271 g/mol. The second-order valence-corrected chi connectivity index (χ2v) is 5.06. The van der Waals surface area contributed by atoms with Crippen LogP contribution >= 0.6 is 11.6 Å². The summed E-state index contributed by atoms with van der Waals surface area (Å²) in [6.45, 7) is 3.14. The summed E-state index contributed by atoms with van der Waals surface area (Å²) in [7, 11) is 0. The van der Waals surface area contributed by atoms with Crippen molar-refractivity contribution >= 4 is 29.2 Å². The van der Waals surface area contributed by atoms with Crippen molar-refractivity contribution in [1.29, 1.82) is 0 Å². The Morgan fingerprint density at radius 3 is 2.94 bits per heavy atom. The summed E-state index contributed by atoms with van der Waals surface area (Å²) in [6.07, 6.45) is 2.01. The quantitative estimate of drug-likeness (QED) is 0.840. The molecule has 18 heavy (non-hydrogen) atoms. The van der Waals surface area contributed by atoms with Crippen LogP contribution in [-0.2, 0) is 4.79 Å². The molecule has 0 spiro atoms. The van der Waals surface area contributed by atoms with Gasteiger partial charge in [-0.15, -0.1) is 0 Å². The van der Waals surface area contributed by atoms with Crippen molar-refractivity contribution in [2.45, 2.75) is 13.3 Å². The molecule has 0 radical (unpaired) electrons. The lowest BCUT2D eigenvalue weighted by molar-refractivity contribution is -0.142. The third-order valence-electron chi connectivity index (χ3n) is 3.11. The molecule has 98 valence electrons. The maximum absolute atomic E-state index is 11.1. The first-order chi connectivity index (χ1) is 8.49. The molecule has 1 aliphatic rings. The van der Waals surface area contributed by atoms with Crippen LogP contribution in [0.25, 0.3) is 0 Å². The van der Waals surface area contributed by atoms with Gasteiger partial charge in [-0.3, -0.25) is 4.79 Å². The smallest absolute Gasteiger partial charge is 0.308 e. The van der Waals surface area contributed by atoms with E-state index < -0.39 is 11.9 Å². The second kappa shape index (κ2) is 4.97. The number of nitrogens with zero attached hydrogens (tertiary/aromatic N) is 3. The first-order valence-electron chi connectivity index (χ1n) is 5.72. The third-order valence-corrected chi connectivity index (χ3v) is 3.47. The molecule has 7 heteroatoms. The molecule has 0 aliphatic carbocycles. The van der Waals surface area contributed by atoms with Gasteiger partial charge in [0.1, 0.15) is 17.2 Å². The number of halogens is 1. The monoisotopic (exact) mass is 270 g/mol. The Kier molecular flexibility index (Phi) is 3.56. The molecule has 0 amide bonds. The van der Waals surface area contributed by atoms with Crippen LogP contribution < -0.4 is 10.6 Å². The topological polar surface area (TPSA) is 92.3 Å². The van der Waals surface area contributed by atoms with Crippen molar-refractivity contribution < 1.29 is 9.90 Å². The standard InChI is InChI=1S/C11H15ClN4O2/c1-6-2-7(11(17)18)4-16(3-6)10-8(12)9(13)14-5-15-10/h5-7H,2-4H2,1H3,(H,17,18)(H2,13,14,15). The molecule has 1 aliphatic heterocycles. The Hall–Kier alpha value is -1.56. The number of hydrogen-bond donors (Lipinski definition) is 2. The maximum Gasteiger partial charge on any atom is 0.308 e.